The fourth-order valence-corrected chi connectivity index (χ4v) is 2.59. The first-order chi connectivity index (χ1) is 9.71. The molecular formula is C14H17F3N2O2. The molecule has 1 aromatic rings. The number of carbonyl (C=O) groups is 1. The minimum Gasteiger partial charge on any atom is -0.388 e. The van der Waals surface area contributed by atoms with Crippen LogP contribution in [0.1, 0.15) is 41.7 Å². The lowest BCUT2D eigenvalue weighted by atomic mass is 10.0. The van der Waals surface area contributed by atoms with Crippen LogP contribution in [0.2, 0.25) is 0 Å². The first-order valence-electron chi connectivity index (χ1n) is 6.72. The smallest absolute Gasteiger partial charge is 0.388 e. The van der Waals surface area contributed by atoms with Gasteiger partial charge in [0.05, 0.1) is 11.2 Å². The lowest BCUT2D eigenvalue weighted by molar-refractivity contribution is -0.137. The Morgan fingerprint density at radius 3 is 2.48 bits per heavy atom. The summed E-state index contributed by atoms with van der Waals surface area (Å²) < 4.78 is 37.3. The van der Waals surface area contributed by atoms with Crippen molar-refractivity contribution in [3.05, 3.63) is 29.6 Å². The van der Waals surface area contributed by atoms with E-state index in [1.165, 1.54) is 11.9 Å². The molecule has 0 radical (unpaired) electrons. The largest absolute Gasteiger partial charge is 0.417 e. The van der Waals surface area contributed by atoms with Crippen LogP contribution >= 0.6 is 0 Å². The first kappa shape index (κ1) is 15.8. The molecule has 0 saturated heterocycles. The van der Waals surface area contributed by atoms with Crippen molar-refractivity contribution in [2.45, 2.75) is 37.5 Å². The minimum atomic E-state index is -4.47. The minimum absolute atomic E-state index is 0.0629. The number of hydrogen-bond donors (Lipinski definition) is 1. The van der Waals surface area contributed by atoms with Gasteiger partial charge in [-0.2, -0.15) is 13.2 Å². The third kappa shape index (κ3) is 3.72. The highest BCUT2D eigenvalue weighted by Crippen LogP contribution is 2.30. The number of amides is 1. The molecule has 0 atom stereocenters. The van der Waals surface area contributed by atoms with Crippen molar-refractivity contribution in [2.24, 2.45) is 0 Å². The van der Waals surface area contributed by atoms with E-state index in [2.05, 4.69) is 4.98 Å². The summed E-state index contributed by atoms with van der Waals surface area (Å²) in [6.45, 7) is 0.161. The van der Waals surface area contributed by atoms with E-state index in [9.17, 15) is 23.1 Å². The van der Waals surface area contributed by atoms with Gasteiger partial charge in [0, 0.05) is 19.8 Å². The Kier molecular flexibility index (Phi) is 4.22. The number of nitrogens with zero attached hydrogens (tertiary/aromatic N) is 2. The summed E-state index contributed by atoms with van der Waals surface area (Å²) in [5.41, 5.74) is -1.85. The van der Waals surface area contributed by atoms with Gasteiger partial charge in [-0.15, -0.1) is 0 Å². The highest BCUT2D eigenvalue weighted by Gasteiger charge is 2.34. The second-order valence-corrected chi connectivity index (χ2v) is 5.52. The number of likely N-dealkylation sites (N-methyl/N-ethyl adjacent to an activating group) is 1. The third-order valence-corrected chi connectivity index (χ3v) is 3.72. The van der Waals surface area contributed by atoms with E-state index in [0.29, 0.717) is 19.0 Å². The maximum Gasteiger partial charge on any atom is 0.417 e. The fourth-order valence-electron chi connectivity index (χ4n) is 2.59. The Hall–Kier alpha value is -1.63. The van der Waals surface area contributed by atoms with E-state index in [1.54, 1.807) is 0 Å². The Bertz CT molecular complexity index is 508. The van der Waals surface area contributed by atoms with E-state index in [-0.39, 0.29) is 12.2 Å². The second-order valence-electron chi connectivity index (χ2n) is 5.52. The van der Waals surface area contributed by atoms with Crippen molar-refractivity contribution in [3.63, 3.8) is 0 Å². The summed E-state index contributed by atoms with van der Waals surface area (Å²) in [7, 11) is 1.51. The number of halogens is 3. The van der Waals surface area contributed by atoms with Crippen LogP contribution in [-0.4, -0.2) is 40.1 Å². The molecular weight excluding hydrogens is 285 g/mol. The molecule has 1 amide bonds. The van der Waals surface area contributed by atoms with Crippen molar-refractivity contribution < 1.29 is 23.1 Å². The van der Waals surface area contributed by atoms with E-state index < -0.39 is 23.2 Å². The molecule has 0 aromatic carbocycles. The molecule has 116 valence electrons. The molecule has 1 aliphatic carbocycles. The van der Waals surface area contributed by atoms with Crippen LogP contribution in [-0.2, 0) is 6.18 Å². The van der Waals surface area contributed by atoms with Crippen molar-refractivity contribution >= 4 is 5.91 Å². The maximum atomic E-state index is 12.4. The van der Waals surface area contributed by atoms with Gasteiger partial charge >= 0.3 is 6.18 Å². The Labute approximate surface area is 120 Å². The molecule has 0 unspecified atom stereocenters. The predicted octanol–water partition coefficient (Wildman–Crippen LogP) is 2.48. The van der Waals surface area contributed by atoms with Crippen LogP contribution in [0.5, 0.6) is 0 Å². The van der Waals surface area contributed by atoms with Crippen LogP contribution < -0.4 is 0 Å². The van der Waals surface area contributed by atoms with Crippen molar-refractivity contribution in [1.29, 1.82) is 0 Å². The molecule has 1 aromatic heterocycles. The third-order valence-electron chi connectivity index (χ3n) is 3.72. The van der Waals surface area contributed by atoms with Gasteiger partial charge in [-0.3, -0.25) is 9.78 Å². The summed E-state index contributed by atoms with van der Waals surface area (Å²) in [6.07, 6.45) is -0.741. The molecule has 1 aliphatic rings. The van der Waals surface area contributed by atoms with Crippen LogP contribution in [0.15, 0.2) is 18.3 Å². The van der Waals surface area contributed by atoms with Gasteiger partial charge in [-0.25, -0.2) is 0 Å². The van der Waals surface area contributed by atoms with Gasteiger partial charge < -0.3 is 10.0 Å². The second kappa shape index (κ2) is 5.63. The number of alkyl halides is 3. The molecule has 0 spiro atoms. The number of aromatic nitrogens is 1. The fraction of sp³-hybridized carbons (Fsp3) is 0.571. The van der Waals surface area contributed by atoms with Gasteiger partial charge in [-0.1, -0.05) is 12.8 Å². The lowest BCUT2D eigenvalue weighted by Crippen LogP contribution is -2.42. The number of carbonyl (C=O) groups excluding carboxylic acids is 1. The lowest BCUT2D eigenvalue weighted by Gasteiger charge is -2.28. The van der Waals surface area contributed by atoms with Crippen molar-refractivity contribution in [2.75, 3.05) is 13.6 Å². The molecule has 4 nitrogen and oxygen atoms in total. The number of aliphatic hydroxyl groups is 1. The quantitative estimate of drug-likeness (QED) is 0.933. The number of rotatable bonds is 3. The summed E-state index contributed by atoms with van der Waals surface area (Å²) >= 11 is 0. The zero-order chi connectivity index (χ0) is 15.7. The molecule has 1 saturated carbocycles. The zero-order valence-electron chi connectivity index (χ0n) is 11.7. The number of hydrogen-bond acceptors (Lipinski definition) is 3. The summed E-state index contributed by atoms with van der Waals surface area (Å²) in [6, 6.07) is 1.89. The SMILES string of the molecule is CN(CC1(O)CCCC1)C(=O)c1ccc(C(F)(F)F)cn1. The predicted molar refractivity (Wildman–Crippen MR) is 69.6 cm³/mol. The topological polar surface area (TPSA) is 53.4 Å². The normalized spacial score (nSPS) is 17.8. The van der Waals surface area contributed by atoms with E-state index in [4.69, 9.17) is 0 Å². The average Bonchev–Trinajstić information content (AvgIpc) is 2.83. The highest BCUT2D eigenvalue weighted by molar-refractivity contribution is 5.92. The van der Waals surface area contributed by atoms with Crippen LogP contribution in [0.4, 0.5) is 13.2 Å². The summed E-state index contributed by atoms with van der Waals surface area (Å²) in [5, 5.41) is 10.2. The zero-order valence-corrected chi connectivity index (χ0v) is 11.7. The standard InChI is InChI=1S/C14H17F3N2O2/c1-19(9-13(21)6-2-3-7-13)12(20)11-5-4-10(8-18-11)14(15,16)17/h4-5,8,21H,2-3,6-7,9H2,1H3. The van der Waals surface area contributed by atoms with E-state index >= 15 is 0 Å². The van der Waals surface area contributed by atoms with Crippen LogP contribution in [0, 0.1) is 0 Å². The van der Waals surface area contributed by atoms with E-state index in [0.717, 1.165) is 25.0 Å². The van der Waals surface area contributed by atoms with Crippen LogP contribution in [0.3, 0.4) is 0 Å². The van der Waals surface area contributed by atoms with Gasteiger partial charge in [0.1, 0.15) is 5.69 Å². The summed E-state index contributed by atoms with van der Waals surface area (Å²) in [5.74, 6) is -0.496. The van der Waals surface area contributed by atoms with Gasteiger partial charge in [0.2, 0.25) is 0 Å². The first-order valence-corrected chi connectivity index (χ1v) is 6.72. The molecule has 1 heterocycles. The maximum absolute atomic E-state index is 12.4. The molecule has 1 N–H and O–H groups in total. The van der Waals surface area contributed by atoms with Gasteiger partial charge in [0.15, 0.2) is 0 Å². The molecule has 7 heteroatoms. The van der Waals surface area contributed by atoms with Gasteiger partial charge in [0.25, 0.3) is 5.91 Å². The molecule has 0 aliphatic heterocycles. The Balaban J connectivity index is 2.05. The molecule has 21 heavy (non-hydrogen) atoms. The van der Waals surface area contributed by atoms with Crippen LogP contribution in [0.25, 0.3) is 0 Å². The molecule has 2 rings (SSSR count). The average molecular weight is 302 g/mol. The Morgan fingerprint density at radius 2 is 2.00 bits per heavy atom. The highest BCUT2D eigenvalue weighted by atomic mass is 19.4. The van der Waals surface area contributed by atoms with Crippen molar-refractivity contribution in [3.8, 4) is 0 Å². The van der Waals surface area contributed by atoms with E-state index in [1.807, 2.05) is 0 Å². The molecule has 1 fully saturated rings. The number of pyridine rings is 1. The summed E-state index contributed by atoms with van der Waals surface area (Å²) in [4.78, 5) is 17.0. The monoisotopic (exact) mass is 302 g/mol. The van der Waals surface area contributed by atoms with Gasteiger partial charge in [-0.05, 0) is 25.0 Å². The Morgan fingerprint density at radius 1 is 1.38 bits per heavy atom. The molecule has 0 bridgehead atoms. The van der Waals surface area contributed by atoms with Crippen molar-refractivity contribution in [1.82, 2.24) is 9.88 Å².